The van der Waals surface area contributed by atoms with Crippen LogP contribution in [0.3, 0.4) is 0 Å². The summed E-state index contributed by atoms with van der Waals surface area (Å²) in [4.78, 5) is 24.1. The number of rotatable bonds is 4. The molecule has 4 N–H and O–H groups in total. The first-order chi connectivity index (χ1) is 10.8. The molecule has 2 atom stereocenters. The second kappa shape index (κ2) is 6.99. The molecule has 0 radical (unpaired) electrons. The molecule has 1 fully saturated rings. The number of anilines is 1. The zero-order valence-electron chi connectivity index (χ0n) is 12.5. The molecule has 1 aromatic carbocycles. The Balaban J connectivity index is 1.99. The first-order valence-corrected chi connectivity index (χ1v) is 7.36. The number of likely N-dealkylation sites (tertiary alicyclic amines) is 1. The van der Waals surface area contributed by atoms with Gasteiger partial charge in [-0.2, -0.15) is 13.2 Å². The molecular formula is C15H19F3N3O2+. The summed E-state index contributed by atoms with van der Waals surface area (Å²) in [5.41, 5.74) is 4.14. The molecule has 1 heterocycles. The average molecular weight is 330 g/mol. The van der Waals surface area contributed by atoms with E-state index in [1.807, 2.05) is 0 Å². The smallest absolute Gasteiger partial charge is 0.369 e. The minimum atomic E-state index is -4.53. The van der Waals surface area contributed by atoms with Crippen molar-refractivity contribution in [3.8, 4) is 0 Å². The van der Waals surface area contributed by atoms with Crippen LogP contribution >= 0.6 is 0 Å². The van der Waals surface area contributed by atoms with Gasteiger partial charge in [-0.1, -0.05) is 12.1 Å². The Hall–Kier alpha value is -2.09. The highest BCUT2D eigenvalue weighted by atomic mass is 19.4. The Kier molecular flexibility index (Phi) is 5.25. The van der Waals surface area contributed by atoms with Crippen LogP contribution in [0.4, 0.5) is 18.9 Å². The predicted octanol–water partition coefficient (Wildman–Crippen LogP) is 0.424. The fourth-order valence-corrected chi connectivity index (χ4v) is 2.82. The minimum absolute atomic E-state index is 0.00989. The van der Waals surface area contributed by atoms with Gasteiger partial charge in [-0.05, 0) is 25.0 Å². The Bertz CT molecular complexity index is 590. The van der Waals surface area contributed by atoms with Crippen molar-refractivity contribution in [1.82, 2.24) is 0 Å². The van der Waals surface area contributed by atoms with Crippen LogP contribution in [-0.4, -0.2) is 31.4 Å². The zero-order valence-corrected chi connectivity index (χ0v) is 12.5. The summed E-state index contributed by atoms with van der Waals surface area (Å²) in [7, 11) is 0. The Labute approximate surface area is 131 Å². The number of benzene rings is 1. The quantitative estimate of drug-likeness (QED) is 0.748. The number of piperidine rings is 1. The highest BCUT2D eigenvalue weighted by Crippen LogP contribution is 2.34. The third-order valence-corrected chi connectivity index (χ3v) is 3.94. The number of nitrogens with two attached hydrogens (primary N) is 1. The van der Waals surface area contributed by atoms with E-state index in [1.54, 1.807) is 0 Å². The second-order valence-electron chi connectivity index (χ2n) is 5.71. The minimum Gasteiger partial charge on any atom is -0.369 e. The first kappa shape index (κ1) is 17.3. The van der Waals surface area contributed by atoms with Crippen molar-refractivity contribution in [2.24, 2.45) is 11.7 Å². The molecular weight excluding hydrogens is 311 g/mol. The van der Waals surface area contributed by atoms with Crippen molar-refractivity contribution >= 4 is 17.5 Å². The van der Waals surface area contributed by atoms with E-state index < -0.39 is 23.6 Å². The van der Waals surface area contributed by atoms with E-state index >= 15 is 0 Å². The molecule has 0 aliphatic carbocycles. The van der Waals surface area contributed by atoms with Gasteiger partial charge in [0.15, 0.2) is 6.54 Å². The lowest BCUT2D eigenvalue weighted by atomic mass is 9.97. The highest BCUT2D eigenvalue weighted by molar-refractivity contribution is 5.92. The number of alkyl halides is 3. The van der Waals surface area contributed by atoms with Crippen LogP contribution in [0.2, 0.25) is 0 Å². The van der Waals surface area contributed by atoms with E-state index in [1.165, 1.54) is 18.2 Å². The lowest BCUT2D eigenvalue weighted by Gasteiger charge is -2.27. The molecule has 5 nitrogen and oxygen atoms in total. The van der Waals surface area contributed by atoms with Crippen molar-refractivity contribution in [1.29, 1.82) is 0 Å². The number of primary amides is 1. The number of quaternary nitrogens is 1. The number of para-hydroxylation sites is 1. The Morgan fingerprint density at radius 2 is 2.00 bits per heavy atom. The second-order valence-corrected chi connectivity index (χ2v) is 5.71. The maximum Gasteiger partial charge on any atom is 0.418 e. The van der Waals surface area contributed by atoms with E-state index in [-0.39, 0.29) is 18.2 Å². The van der Waals surface area contributed by atoms with Gasteiger partial charge in [0.1, 0.15) is 0 Å². The fourth-order valence-electron chi connectivity index (χ4n) is 2.82. The molecule has 2 amide bonds. The maximum absolute atomic E-state index is 12.9. The first-order valence-electron chi connectivity index (χ1n) is 7.36. The molecule has 0 saturated carbocycles. The lowest BCUT2D eigenvalue weighted by Crippen LogP contribution is -3.14. The number of amides is 2. The zero-order chi connectivity index (χ0) is 17.0. The molecule has 0 bridgehead atoms. The molecule has 1 aromatic rings. The summed E-state index contributed by atoms with van der Waals surface area (Å²) in [5, 5.41) is 2.31. The van der Waals surface area contributed by atoms with E-state index in [4.69, 9.17) is 5.73 Å². The molecule has 8 heteroatoms. The van der Waals surface area contributed by atoms with Crippen LogP contribution in [0.25, 0.3) is 0 Å². The number of carbonyl (C=O) groups excluding carboxylic acids is 2. The summed E-state index contributed by atoms with van der Waals surface area (Å²) >= 11 is 0. The number of hydrogen-bond acceptors (Lipinski definition) is 2. The van der Waals surface area contributed by atoms with Gasteiger partial charge in [-0.15, -0.1) is 0 Å². The van der Waals surface area contributed by atoms with Gasteiger partial charge in [0.25, 0.3) is 5.91 Å². The fraction of sp³-hybridized carbons (Fsp3) is 0.467. The number of nitrogens with one attached hydrogen (secondary N) is 2. The summed E-state index contributed by atoms with van der Waals surface area (Å²) in [6.07, 6.45) is -3.08. The molecule has 1 saturated heterocycles. The lowest BCUT2D eigenvalue weighted by molar-refractivity contribution is -0.899. The van der Waals surface area contributed by atoms with Crippen LogP contribution in [-0.2, 0) is 15.8 Å². The summed E-state index contributed by atoms with van der Waals surface area (Å²) < 4.78 is 38.7. The molecule has 1 aliphatic rings. The van der Waals surface area contributed by atoms with Crippen LogP contribution in [0.15, 0.2) is 24.3 Å². The van der Waals surface area contributed by atoms with Gasteiger partial charge >= 0.3 is 6.18 Å². The SMILES string of the molecule is NC(=O)[C@H]1CCC[NH+](CC(=O)Nc2ccccc2C(F)(F)F)C1. The van der Waals surface area contributed by atoms with Crippen molar-refractivity contribution in [3.63, 3.8) is 0 Å². The third-order valence-electron chi connectivity index (χ3n) is 3.94. The Morgan fingerprint density at radius 1 is 1.30 bits per heavy atom. The molecule has 126 valence electrons. The standard InChI is InChI=1S/C15H18F3N3O2/c16-15(17,18)11-5-1-2-6-12(11)20-13(22)9-21-7-3-4-10(8-21)14(19)23/h1-2,5-6,10H,3-4,7-9H2,(H2,19,23)(H,20,22)/p+1/t10-/m0/s1. The van der Waals surface area contributed by atoms with E-state index in [0.29, 0.717) is 19.5 Å². The van der Waals surface area contributed by atoms with Crippen molar-refractivity contribution in [2.45, 2.75) is 19.0 Å². The molecule has 1 aliphatic heterocycles. The van der Waals surface area contributed by atoms with Crippen LogP contribution in [0.5, 0.6) is 0 Å². The van der Waals surface area contributed by atoms with Gasteiger partial charge in [0.05, 0.1) is 30.3 Å². The molecule has 0 aromatic heterocycles. The molecule has 2 rings (SSSR count). The van der Waals surface area contributed by atoms with E-state index in [2.05, 4.69) is 5.32 Å². The molecule has 23 heavy (non-hydrogen) atoms. The monoisotopic (exact) mass is 330 g/mol. The van der Waals surface area contributed by atoms with Gasteiger partial charge in [0, 0.05) is 0 Å². The van der Waals surface area contributed by atoms with Crippen molar-refractivity contribution < 1.29 is 27.7 Å². The number of carbonyl (C=O) groups is 2. The third kappa shape index (κ3) is 4.69. The van der Waals surface area contributed by atoms with Crippen LogP contribution < -0.4 is 16.0 Å². The topological polar surface area (TPSA) is 76.6 Å². The summed E-state index contributed by atoms with van der Waals surface area (Å²) in [6.45, 7) is 1.14. The highest BCUT2D eigenvalue weighted by Gasteiger charge is 2.34. The molecule has 1 unspecified atom stereocenters. The van der Waals surface area contributed by atoms with Crippen molar-refractivity contribution in [2.75, 3.05) is 25.0 Å². The summed E-state index contributed by atoms with van der Waals surface area (Å²) in [6, 6.07) is 4.85. The number of hydrogen-bond donors (Lipinski definition) is 3. The predicted molar refractivity (Wildman–Crippen MR) is 77.6 cm³/mol. The van der Waals surface area contributed by atoms with Gasteiger partial charge in [-0.25, -0.2) is 0 Å². The van der Waals surface area contributed by atoms with Crippen LogP contribution in [0.1, 0.15) is 18.4 Å². The number of halogens is 3. The van der Waals surface area contributed by atoms with Crippen LogP contribution in [0, 0.1) is 5.92 Å². The average Bonchev–Trinajstić information content (AvgIpc) is 2.46. The van der Waals surface area contributed by atoms with Gasteiger partial charge < -0.3 is 16.0 Å². The Morgan fingerprint density at radius 3 is 2.65 bits per heavy atom. The van der Waals surface area contributed by atoms with Gasteiger partial charge in [0.2, 0.25) is 5.91 Å². The van der Waals surface area contributed by atoms with E-state index in [9.17, 15) is 22.8 Å². The van der Waals surface area contributed by atoms with Crippen molar-refractivity contribution in [3.05, 3.63) is 29.8 Å². The summed E-state index contributed by atoms with van der Waals surface area (Å²) in [5.74, 6) is -1.19. The largest absolute Gasteiger partial charge is 0.418 e. The molecule has 0 spiro atoms. The normalized spacial score (nSPS) is 21.7. The van der Waals surface area contributed by atoms with E-state index in [0.717, 1.165) is 17.4 Å². The maximum atomic E-state index is 12.9. The van der Waals surface area contributed by atoms with Gasteiger partial charge in [-0.3, -0.25) is 9.59 Å².